The molecule has 2 aromatic carbocycles. The highest BCUT2D eigenvalue weighted by Crippen LogP contribution is 2.25. The third-order valence-electron chi connectivity index (χ3n) is 4.47. The van der Waals surface area contributed by atoms with Crippen molar-refractivity contribution in [3.8, 4) is 11.8 Å². The molecule has 0 spiro atoms. The maximum atomic E-state index is 12.7. The van der Waals surface area contributed by atoms with E-state index in [1.807, 2.05) is 18.2 Å². The Labute approximate surface area is 170 Å². The molecule has 1 aliphatic rings. The average Bonchev–Trinajstić information content (AvgIpc) is 2.67. The number of benzene rings is 2. The molecule has 150 valence electrons. The van der Waals surface area contributed by atoms with E-state index in [0.29, 0.717) is 36.4 Å². The standard InChI is InChI=1S/C23H24N2O4/c1-23(2,3)29-21(26)14-25-11-10-18-12-19(8-9-20(18)22(25)27)28-15-17-6-4-16(13-24)5-7-17/h4-9,12H,10-11,14-15H2,1-3H3. The molecular formula is C23H24N2O4. The molecule has 1 aliphatic heterocycles. The van der Waals surface area contributed by atoms with Crippen LogP contribution < -0.4 is 4.74 Å². The first-order chi connectivity index (χ1) is 13.7. The highest BCUT2D eigenvalue weighted by atomic mass is 16.6. The minimum Gasteiger partial charge on any atom is -0.489 e. The molecule has 0 atom stereocenters. The van der Waals surface area contributed by atoms with Gasteiger partial charge in [0.15, 0.2) is 0 Å². The van der Waals surface area contributed by atoms with Gasteiger partial charge in [-0.1, -0.05) is 12.1 Å². The van der Waals surface area contributed by atoms with Crippen LogP contribution in [-0.4, -0.2) is 35.5 Å². The molecule has 3 rings (SSSR count). The molecule has 0 saturated heterocycles. The van der Waals surface area contributed by atoms with Gasteiger partial charge in [-0.3, -0.25) is 9.59 Å². The predicted molar refractivity (Wildman–Crippen MR) is 107 cm³/mol. The molecule has 0 fully saturated rings. The summed E-state index contributed by atoms with van der Waals surface area (Å²) in [6.07, 6.45) is 0.651. The minimum atomic E-state index is -0.574. The Morgan fingerprint density at radius 1 is 1.17 bits per heavy atom. The second-order valence-corrected chi connectivity index (χ2v) is 7.98. The number of carbonyl (C=O) groups excluding carboxylic acids is 2. The van der Waals surface area contributed by atoms with Crippen LogP contribution >= 0.6 is 0 Å². The number of hydrogen-bond donors (Lipinski definition) is 0. The monoisotopic (exact) mass is 392 g/mol. The van der Waals surface area contributed by atoms with E-state index in [0.717, 1.165) is 11.1 Å². The molecule has 0 aromatic heterocycles. The number of nitriles is 1. The lowest BCUT2D eigenvalue weighted by atomic mass is 9.98. The molecule has 0 radical (unpaired) electrons. The van der Waals surface area contributed by atoms with E-state index in [1.165, 1.54) is 4.90 Å². The quantitative estimate of drug-likeness (QED) is 0.728. The van der Waals surface area contributed by atoms with Crippen molar-refractivity contribution in [1.82, 2.24) is 4.90 Å². The zero-order chi connectivity index (χ0) is 21.0. The maximum Gasteiger partial charge on any atom is 0.326 e. The summed E-state index contributed by atoms with van der Waals surface area (Å²) in [4.78, 5) is 26.3. The molecule has 0 bridgehead atoms. The van der Waals surface area contributed by atoms with E-state index >= 15 is 0 Å². The molecule has 0 aliphatic carbocycles. The summed E-state index contributed by atoms with van der Waals surface area (Å²) >= 11 is 0. The normalized spacial score (nSPS) is 13.4. The third kappa shape index (κ3) is 5.35. The topological polar surface area (TPSA) is 79.6 Å². The molecule has 6 heteroatoms. The number of rotatable bonds is 5. The van der Waals surface area contributed by atoms with Crippen LogP contribution in [0.4, 0.5) is 0 Å². The highest BCUT2D eigenvalue weighted by molar-refractivity contribution is 5.98. The first-order valence-electron chi connectivity index (χ1n) is 9.51. The molecule has 0 unspecified atom stereocenters. The van der Waals surface area contributed by atoms with Crippen LogP contribution in [0.5, 0.6) is 5.75 Å². The minimum absolute atomic E-state index is 0.0491. The molecule has 1 heterocycles. The number of amides is 1. The fraction of sp³-hybridized carbons (Fsp3) is 0.348. The lowest BCUT2D eigenvalue weighted by Crippen LogP contribution is -2.42. The Morgan fingerprint density at radius 3 is 2.55 bits per heavy atom. The van der Waals surface area contributed by atoms with E-state index in [4.69, 9.17) is 14.7 Å². The van der Waals surface area contributed by atoms with E-state index < -0.39 is 11.6 Å². The molecular weight excluding hydrogens is 368 g/mol. The fourth-order valence-corrected chi connectivity index (χ4v) is 3.13. The van der Waals surface area contributed by atoms with Crippen molar-refractivity contribution < 1.29 is 19.1 Å². The Balaban J connectivity index is 1.62. The van der Waals surface area contributed by atoms with Gasteiger partial charge in [0.25, 0.3) is 5.91 Å². The summed E-state index contributed by atoms with van der Waals surface area (Å²) < 4.78 is 11.1. The lowest BCUT2D eigenvalue weighted by Gasteiger charge is -2.29. The zero-order valence-corrected chi connectivity index (χ0v) is 16.9. The van der Waals surface area contributed by atoms with Gasteiger partial charge in [-0.05, 0) is 68.7 Å². The first kappa shape index (κ1) is 20.4. The van der Waals surface area contributed by atoms with Crippen molar-refractivity contribution in [2.24, 2.45) is 0 Å². The van der Waals surface area contributed by atoms with Gasteiger partial charge in [-0.2, -0.15) is 5.26 Å². The van der Waals surface area contributed by atoms with Crippen LogP contribution in [0.2, 0.25) is 0 Å². The van der Waals surface area contributed by atoms with Gasteiger partial charge in [0.1, 0.15) is 24.5 Å². The van der Waals surface area contributed by atoms with Crippen LogP contribution in [-0.2, 0) is 22.6 Å². The summed E-state index contributed by atoms with van der Waals surface area (Å²) in [5.41, 5.74) is 2.49. The molecule has 1 amide bonds. The van der Waals surface area contributed by atoms with Gasteiger partial charge in [-0.25, -0.2) is 0 Å². The Morgan fingerprint density at radius 2 is 1.90 bits per heavy atom. The van der Waals surface area contributed by atoms with Crippen LogP contribution in [0.1, 0.15) is 47.8 Å². The summed E-state index contributed by atoms with van der Waals surface area (Å²) in [6.45, 7) is 6.20. The van der Waals surface area contributed by atoms with Crippen molar-refractivity contribution in [2.45, 2.75) is 39.4 Å². The van der Waals surface area contributed by atoms with Crippen LogP contribution in [0.25, 0.3) is 0 Å². The van der Waals surface area contributed by atoms with Crippen molar-refractivity contribution in [3.05, 3.63) is 64.7 Å². The van der Waals surface area contributed by atoms with Gasteiger partial charge in [0.2, 0.25) is 0 Å². The molecule has 29 heavy (non-hydrogen) atoms. The number of ether oxygens (including phenoxy) is 2. The van der Waals surface area contributed by atoms with Gasteiger partial charge < -0.3 is 14.4 Å². The molecule has 0 N–H and O–H groups in total. The number of fused-ring (bicyclic) bond motifs is 1. The second kappa shape index (κ2) is 8.36. The SMILES string of the molecule is CC(C)(C)OC(=O)CN1CCc2cc(OCc3ccc(C#N)cc3)ccc2C1=O. The van der Waals surface area contributed by atoms with E-state index in [2.05, 4.69) is 6.07 Å². The van der Waals surface area contributed by atoms with E-state index in [1.54, 1.807) is 45.0 Å². The third-order valence-corrected chi connectivity index (χ3v) is 4.47. The molecule has 6 nitrogen and oxygen atoms in total. The molecule has 2 aromatic rings. The zero-order valence-electron chi connectivity index (χ0n) is 16.9. The van der Waals surface area contributed by atoms with Gasteiger partial charge in [0.05, 0.1) is 11.6 Å². The Bertz CT molecular complexity index is 952. The largest absolute Gasteiger partial charge is 0.489 e. The molecule has 0 saturated carbocycles. The van der Waals surface area contributed by atoms with Gasteiger partial charge in [-0.15, -0.1) is 0 Å². The average molecular weight is 392 g/mol. The van der Waals surface area contributed by atoms with Crippen molar-refractivity contribution in [1.29, 1.82) is 5.26 Å². The number of hydrogen-bond acceptors (Lipinski definition) is 5. The van der Waals surface area contributed by atoms with Gasteiger partial charge >= 0.3 is 5.97 Å². The van der Waals surface area contributed by atoms with Gasteiger partial charge in [0, 0.05) is 12.1 Å². The van der Waals surface area contributed by atoms with Crippen LogP contribution in [0, 0.1) is 11.3 Å². The lowest BCUT2D eigenvalue weighted by molar-refractivity contribution is -0.155. The van der Waals surface area contributed by atoms with E-state index in [-0.39, 0.29) is 12.5 Å². The smallest absolute Gasteiger partial charge is 0.326 e. The first-order valence-corrected chi connectivity index (χ1v) is 9.51. The number of esters is 1. The number of nitrogens with zero attached hydrogens (tertiary/aromatic N) is 2. The van der Waals surface area contributed by atoms with Crippen molar-refractivity contribution in [2.75, 3.05) is 13.1 Å². The van der Waals surface area contributed by atoms with Crippen LogP contribution in [0.15, 0.2) is 42.5 Å². The summed E-state index contributed by atoms with van der Waals surface area (Å²) in [5, 5.41) is 8.85. The highest BCUT2D eigenvalue weighted by Gasteiger charge is 2.28. The number of carbonyl (C=O) groups is 2. The van der Waals surface area contributed by atoms with E-state index in [9.17, 15) is 9.59 Å². The Kier molecular flexibility index (Phi) is 5.88. The van der Waals surface area contributed by atoms with Crippen molar-refractivity contribution >= 4 is 11.9 Å². The fourth-order valence-electron chi connectivity index (χ4n) is 3.13. The second-order valence-electron chi connectivity index (χ2n) is 7.98. The predicted octanol–water partition coefficient (Wildman–Crippen LogP) is 3.48. The summed E-state index contributed by atoms with van der Waals surface area (Å²) in [6, 6.07) is 14.7. The Hall–Kier alpha value is -3.33. The summed E-state index contributed by atoms with van der Waals surface area (Å²) in [5.74, 6) is 0.105. The summed E-state index contributed by atoms with van der Waals surface area (Å²) in [7, 11) is 0. The maximum absolute atomic E-state index is 12.7. The van der Waals surface area contributed by atoms with Crippen molar-refractivity contribution in [3.63, 3.8) is 0 Å². The van der Waals surface area contributed by atoms with Crippen LogP contribution in [0.3, 0.4) is 0 Å².